The zero-order chi connectivity index (χ0) is 16.0. The van der Waals surface area contributed by atoms with Gasteiger partial charge in [0.25, 0.3) is 0 Å². The van der Waals surface area contributed by atoms with Crippen molar-refractivity contribution in [1.29, 1.82) is 0 Å². The minimum atomic E-state index is -3.70. The highest BCUT2D eigenvalue weighted by molar-refractivity contribution is 9.10. The van der Waals surface area contributed by atoms with E-state index in [1.165, 1.54) is 22.5 Å². The molecule has 0 unspecified atom stereocenters. The highest BCUT2D eigenvalue weighted by Crippen LogP contribution is 2.25. The SMILES string of the molecule is CCCN(CCC)S(=O)(=O)Nc1cc(C(=O)O)ccc1Br. The summed E-state index contributed by atoms with van der Waals surface area (Å²) in [7, 11) is -3.70. The van der Waals surface area contributed by atoms with Crippen molar-refractivity contribution in [3.63, 3.8) is 0 Å². The van der Waals surface area contributed by atoms with Crippen LogP contribution in [0.25, 0.3) is 0 Å². The van der Waals surface area contributed by atoms with Gasteiger partial charge >= 0.3 is 16.2 Å². The maximum atomic E-state index is 12.4. The number of benzene rings is 1. The highest BCUT2D eigenvalue weighted by Gasteiger charge is 2.21. The summed E-state index contributed by atoms with van der Waals surface area (Å²) in [4.78, 5) is 11.0. The number of carboxylic acids is 1. The van der Waals surface area contributed by atoms with Gasteiger partial charge in [0, 0.05) is 17.6 Å². The molecule has 118 valence electrons. The van der Waals surface area contributed by atoms with E-state index in [0.29, 0.717) is 30.4 Å². The molecule has 0 aliphatic heterocycles. The van der Waals surface area contributed by atoms with Crippen LogP contribution in [0.2, 0.25) is 0 Å². The molecule has 0 aliphatic rings. The standard InChI is InChI=1S/C13H19BrN2O4S/c1-3-7-16(8-4-2)21(19,20)15-12-9-10(13(17)18)5-6-11(12)14/h5-6,9,15H,3-4,7-8H2,1-2H3,(H,17,18). The third kappa shape index (κ3) is 4.98. The molecule has 1 aromatic carbocycles. The Hall–Kier alpha value is -1.12. The molecule has 0 aliphatic carbocycles. The third-order valence-electron chi connectivity index (χ3n) is 2.74. The molecule has 0 atom stereocenters. The van der Waals surface area contributed by atoms with Gasteiger partial charge in [0.15, 0.2) is 0 Å². The van der Waals surface area contributed by atoms with Crippen molar-refractivity contribution in [3.8, 4) is 0 Å². The molecule has 2 N–H and O–H groups in total. The average Bonchev–Trinajstić information content (AvgIpc) is 2.40. The van der Waals surface area contributed by atoms with Gasteiger partial charge in [-0.25, -0.2) is 4.79 Å². The lowest BCUT2D eigenvalue weighted by molar-refractivity contribution is 0.0697. The van der Waals surface area contributed by atoms with Crippen molar-refractivity contribution in [3.05, 3.63) is 28.2 Å². The number of rotatable bonds is 8. The van der Waals surface area contributed by atoms with E-state index in [9.17, 15) is 13.2 Å². The average molecular weight is 379 g/mol. The first-order chi connectivity index (χ1) is 9.81. The number of halogens is 1. The minimum Gasteiger partial charge on any atom is -0.478 e. The molecule has 0 spiro atoms. The Morgan fingerprint density at radius 1 is 1.29 bits per heavy atom. The summed E-state index contributed by atoms with van der Waals surface area (Å²) in [6, 6.07) is 4.20. The predicted molar refractivity (Wildman–Crippen MR) is 85.8 cm³/mol. The van der Waals surface area contributed by atoms with E-state index in [1.807, 2.05) is 13.8 Å². The molecule has 1 aromatic rings. The van der Waals surface area contributed by atoms with Crippen LogP contribution in [0.3, 0.4) is 0 Å². The molecular formula is C13H19BrN2O4S. The van der Waals surface area contributed by atoms with Gasteiger partial charge in [-0.1, -0.05) is 13.8 Å². The molecule has 0 fully saturated rings. The molecule has 0 saturated carbocycles. The van der Waals surface area contributed by atoms with E-state index >= 15 is 0 Å². The van der Waals surface area contributed by atoms with Crippen molar-refractivity contribution < 1.29 is 18.3 Å². The van der Waals surface area contributed by atoms with Crippen LogP contribution in [-0.4, -0.2) is 36.9 Å². The summed E-state index contributed by atoms with van der Waals surface area (Å²) in [6.07, 6.45) is 1.41. The van der Waals surface area contributed by atoms with Crippen LogP contribution in [0, 0.1) is 0 Å². The lowest BCUT2D eigenvalue weighted by Gasteiger charge is -2.22. The fourth-order valence-corrected chi connectivity index (χ4v) is 3.69. The van der Waals surface area contributed by atoms with Crippen LogP contribution >= 0.6 is 15.9 Å². The van der Waals surface area contributed by atoms with Crippen molar-refractivity contribution in [2.24, 2.45) is 0 Å². The molecule has 0 amide bonds. The molecule has 8 heteroatoms. The molecule has 0 heterocycles. The van der Waals surface area contributed by atoms with Crippen molar-refractivity contribution in [1.82, 2.24) is 4.31 Å². The van der Waals surface area contributed by atoms with Gasteiger partial charge < -0.3 is 5.11 Å². The van der Waals surface area contributed by atoms with E-state index in [1.54, 1.807) is 0 Å². The van der Waals surface area contributed by atoms with Gasteiger partial charge in [0.05, 0.1) is 11.3 Å². The van der Waals surface area contributed by atoms with Crippen LogP contribution < -0.4 is 4.72 Å². The summed E-state index contributed by atoms with van der Waals surface area (Å²) in [5, 5.41) is 8.97. The second kappa shape index (κ2) is 7.77. The van der Waals surface area contributed by atoms with Crippen LogP contribution in [0.5, 0.6) is 0 Å². The van der Waals surface area contributed by atoms with Gasteiger partial charge in [-0.2, -0.15) is 12.7 Å². The number of nitrogens with zero attached hydrogens (tertiary/aromatic N) is 1. The summed E-state index contributed by atoms with van der Waals surface area (Å²) in [6.45, 7) is 4.64. The summed E-state index contributed by atoms with van der Waals surface area (Å²) in [5.74, 6) is -1.11. The van der Waals surface area contributed by atoms with Gasteiger partial charge in [-0.05, 0) is 47.0 Å². The minimum absolute atomic E-state index is 0.0217. The van der Waals surface area contributed by atoms with E-state index in [2.05, 4.69) is 20.7 Å². The molecule has 0 aromatic heterocycles. The predicted octanol–water partition coefficient (Wildman–Crippen LogP) is 2.93. The smallest absolute Gasteiger partial charge is 0.335 e. The summed E-state index contributed by atoms with van der Waals surface area (Å²) < 4.78 is 29.0. The lowest BCUT2D eigenvalue weighted by Crippen LogP contribution is -2.37. The molecule has 21 heavy (non-hydrogen) atoms. The highest BCUT2D eigenvalue weighted by atomic mass is 79.9. The second-order valence-electron chi connectivity index (χ2n) is 4.51. The van der Waals surface area contributed by atoms with Crippen molar-refractivity contribution in [2.45, 2.75) is 26.7 Å². The number of nitrogens with one attached hydrogen (secondary N) is 1. The van der Waals surface area contributed by atoms with E-state index < -0.39 is 16.2 Å². The van der Waals surface area contributed by atoms with Crippen LogP contribution in [0.4, 0.5) is 5.69 Å². The van der Waals surface area contributed by atoms with Crippen molar-refractivity contribution >= 4 is 37.8 Å². The molecule has 6 nitrogen and oxygen atoms in total. The van der Waals surface area contributed by atoms with Crippen LogP contribution in [0.15, 0.2) is 22.7 Å². The Morgan fingerprint density at radius 2 is 1.86 bits per heavy atom. The number of carbonyl (C=O) groups is 1. The molecule has 0 radical (unpaired) electrons. The molecule has 0 saturated heterocycles. The number of carboxylic acid groups (broad SMARTS) is 1. The van der Waals surface area contributed by atoms with Crippen molar-refractivity contribution in [2.75, 3.05) is 17.8 Å². The maximum Gasteiger partial charge on any atom is 0.335 e. The first-order valence-corrected chi connectivity index (χ1v) is 8.85. The van der Waals surface area contributed by atoms with E-state index in [4.69, 9.17) is 5.11 Å². The monoisotopic (exact) mass is 378 g/mol. The van der Waals surface area contributed by atoms with Gasteiger partial charge in [0.1, 0.15) is 0 Å². The number of hydrogen-bond donors (Lipinski definition) is 2. The lowest BCUT2D eigenvalue weighted by atomic mass is 10.2. The quantitative estimate of drug-likeness (QED) is 0.727. The fourth-order valence-electron chi connectivity index (χ4n) is 1.79. The van der Waals surface area contributed by atoms with Crippen LogP contribution in [-0.2, 0) is 10.2 Å². The summed E-state index contributed by atoms with van der Waals surface area (Å²) in [5.41, 5.74) is 0.237. The Labute approximate surface area is 133 Å². The third-order valence-corrected chi connectivity index (χ3v) is 4.95. The molecule has 0 bridgehead atoms. The Balaban J connectivity index is 3.07. The number of anilines is 1. The summed E-state index contributed by atoms with van der Waals surface area (Å²) >= 11 is 3.22. The largest absolute Gasteiger partial charge is 0.478 e. The van der Waals surface area contributed by atoms with Crippen LogP contribution in [0.1, 0.15) is 37.0 Å². The zero-order valence-corrected chi connectivity index (χ0v) is 14.4. The van der Waals surface area contributed by atoms with Gasteiger partial charge in [-0.15, -0.1) is 0 Å². The first-order valence-electron chi connectivity index (χ1n) is 6.62. The Kier molecular flexibility index (Phi) is 6.63. The van der Waals surface area contributed by atoms with Gasteiger partial charge in [0.2, 0.25) is 0 Å². The normalized spacial score (nSPS) is 11.6. The first kappa shape index (κ1) is 17.9. The number of hydrogen-bond acceptors (Lipinski definition) is 3. The topological polar surface area (TPSA) is 86.7 Å². The Morgan fingerprint density at radius 3 is 2.33 bits per heavy atom. The number of aromatic carboxylic acids is 1. The molecular weight excluding hydrogens is 360 g/mol. The zero-order valence-electron chi connectivity index (χ0n) is 12.0. The van der Waals surface area contributed by atoms with Gasteiger partial charge in [-0.3, -0.25) is 4.72 Å². The van der Waals surface area contributed by atoms with E-state index in [0.717, 1.165) is 0 Å². The second-order valence-corrected chi connectivity index (χ2v) is 7.03. The molecule has 1 rings (SSSR count). The Bertz CT molecular complexity index is 598. The van der Waals surface area contributed by atoms with E-state index in [-0.39, 0.29) is 11.3 Å². The maximum absolute atomic E-state index is 12.4. The fraction of sp³-hybridized carbons (Fsp3) is 0.462.